The van der Waals surface area contributed by atoms with Crippen LogP contribution in [0.5, 0.6) is 5.75 Å². The molecular weight excluding hydrogens is 298 g/mol. The van der Waals surface area contributed by atoms with Crippen molar-refractivity contribution in [2.75, 3.05) is 0 Å². The quantitative estimate of drug-likeness (QED) is 0.850. The molecule has 1 heterocycles. The Morgan fingerprint density at radius 2 is 2.33 bits per heavy atom. The van der Waals surface area contributed by atoms with E-state index in [0.717, 1.165) is 15.1 Å². The van der Waals surface area contributed by atoms with Gasteiger partial charge in [-0.05, 0) is 18.2 Å². The Labute approximate surface area is 105 Å². The third-order valence-corrected chi connectivity index (χ3v) is 3.28. The van der Waals surface area contributed by atoms with Crippen molar-refractivity contribution in [1.82, 2.24) is 4.98 Å². The maximum Gasteiger partial charge on any atom is 0.183 e. The molecule has 0 aliphatic heterocycles. The molecule has 0 unspecified atom stereocenters. The van der Waals surface area contributed by atoms with Crippen LogP contribution >= 0.6 is 38.9 Å². The predicted octanol–water partition coefficient (Wildman–Crippen LogP) is 4.14. The van der Waals surface area contributed by atoms with Crippen LogP contribution in [-0.2, 0) is 6.61 Å². The molecule has 0 saturated carbocycles. The van der Waals surface area contributed by atoms with Gasteiger partial charge >= 0.3 is 0 Å². The van der Waals surface area contributed by atoms with E-state index in [4.69, 9.17) is 16.3 Å². The summed E-state index contributed by atoms with van der Waals surface area (Å²) in [5.41, 5.74) is 0. The highest BCUT2D eigenvalue weighted by molar-refractivity contribution is 9.10. The molecule has 0 amide bonds. The van der Waals surface area contributed by atoms with Crippen molar-refractivity contribution in [1.29, 1.82) is 0 Å². The van der Waals surface area contributed by atoms with Crippen molar-refractivity contribution in [3.05, 3.63) is 44.3 Å². The molecule has 0 radical (unpaired) electrons. The van der Waals surface area contributed by atoms with Gasteiger partial charge in [0.25, 0.3) is 0 Å². The molecule has 2 nitrogen and oxygen atoms in total. The summed E-state index contributed by atoms with van der Waals surface area (Å²) >= 11 is 10.5. The number of benzene rings is 1. The third-order valence-electron chi connectivity index (χ3n) is 1.70. The van der Waals surface area contributed by atoms with Gasteiger partial charge in [-0.15, -0.1) is 11.3 Å². The Morgan fingerprint density at radius 3 is 3.00 bits per heavy atom. The zero-order valence-corrected chi connectivity index (χ0v) is 10.8. The van der Waals surface area contributed by atoms with E-state index < -0.39 is 0 Å². The molecule has 0 N–H and O–H groups in total. The smallest absolute Gasteiger partial charge is 0.183 e. The van der Waals surface area contributed by atoms with E-state index >= 15 is 0 Å². The Bertz CT molecular complexity index is 460. The lowest BCUT2D eigenvalue weighted by Gasteiger charge is -2.03. The normalized spacial score (nSPS) is 10.3. The highest BCUT2D eigenvalue weighted by Gasteiger charge is 2.00. The fraction of sp³-hybridized carbons (Fsp3) is 0.100. The van der Waals surface area contributed by atoms with Crippen molar-refractivity contribution in [3.63, 3.8) is 0 Å². The van der Waals surface area contributed by atoms with Crippen LogP contribution in [-0.4, -0.2) is 4.98 Å². The van der Waals surface area contributed by atoms with Crippen molar-refractivity contribution in [2.45, 2.75) is 6.61 Å². The predicted molar refractivity (Wildman–Crippen MR) is 65.6 cm³/mol. The fourth-order valence-corrected chi connectivity index (χ4v) is 2.33. The number of nitrogens with zero attached hydrogens (tertiary/aromatic N) is 1. The Hall–Kier alpha value is -0.580. The van der Waals surface area contributed by atoms with Gasteiger partial charge in [-0.3, -0.25) is 0 Å². The van der Waals surface area contributed by atoms with Gasteiger partial charge in [0.2, 0.25) is 0 Å². The van der Waals surface area contributed by atoms with E-state index in [1.165, 1.54) is 11.3 Å². The molecular formula is C10H7BrClNOS. The van der Waals surface area contributed by atoms with Crippen LogP contribution in [0, 0.1) is 0 Å². The molecule has 2 rings (SSSR count). The van der Waals surface area contributed by atoms with Gasteiger partial charge in [0.15, 0.2) is 4.47 Å². The number of rotatable bonds is 3. The lowest BCUT2D eigenvalue weighted by atomic mass is 10.3. The molecule has 0 bridgehead atoms. The zero-order chi connectivity index (χ0) is 10.7. The van der Waals surface area contributed by atoms with Gasteiger partial charge in [-0.2, -0.15) is 0 Å². The summed E-state index contributed by atoms with van der Waals surface area (Å²) in [4.78, 5) is 4.96. The number of hydrogen-bond acceptors (Lipinski definition) is 3. The molecule has 0 spiro atoms. The second-order valence-electron chi connectivity index (χ2n) is 2.83. The van der Waals surface area contributed by atoms with Crippen LogP contribution in [0.15, 0.2) is 34.9 Å². The van der Waals surface area contributed by atoms with Gasteiger partial charge in [0, 0.05) is 10.7 Å². The minimum Gasteiger partial charge on any atom is -0.488 e. The number of ether oxygens (including phenoxy) is 1. The summed E-state index contributed by atoms with van der Waals surface area (Å²) in [6, 6.07) is 7.71. The average Bonchev–Trinajstić information content (AvgIpc) is 2.62. The Morgan fingerprint density at radius 1 is 1.47 bits per heavy atom. The van der Waals surface area contributed by atoms with Crippen LogP contribution < -0.4 is 4.74 Å². The van der Waals surface area contributed by atoms with E-state index in [1.807, 2.05) is 24.3 Å². The van der Waals surface area contributed by atoms with E-state index in [0.29, 0.717) is 11.1 Å². The van der Waals surface area contributed by atoms with E-state index in [9.17, 15) is 0 Å². The minimum atomic E-state index is 0.501. The first kappa shape index (κ1) is 10.9. The van der Waals surface area contributed by atoms with Gasteiger partial charge in [-0.25, -0.2) is 4.98 Å². The topological polar surface area (TPSA) is 22.1 Å². The molecule has 15 heavy (non-hydrogen) atoms. The summed E-state index contributed by atoms with van der Waals surface area (Å²) in [5.74, 6) is 0.828. The average molecular weight is 305 g/mol. The monoisotopic (exact) mass is 303 g/mol. The maximum atomic E-state index is 5.71. The summed E-state index contributed by atoms with van der Waals surface area (Å²) in [7, 11) is 0. The highest BCUT2D eigenvalue weighted by Crippen LogP contribution is 2.22. The van der Waals surface area contributed by atoms with Crippen LogP contribution in [0.3, 0.4) is 0 Å². The van der Waals surface area contributed by atoms with Gasteiger partial charge in [-0.1, -0.05) is 33.6 Å². The van der Waals surface area contributed by atoms with Gasteiger partial charge in [0.05, 0.1) is 4.88 Å². The molecule has 0 atom stereocenters. The van der Waals surface area contributed by atoms with Crippen LogP contribution in [0.4, 0.5) is 0 Å². The summed E-state index contributed by atoms with van der Waals surface area (Å²) in [6.07, 6.45) is 1.73. The molecule has 2 aromatic rings. The molecule has 0 aliphatic rings. The maximum absolute atomic E-state index is 5.71. The number of halogens is 2. The second-order valence-corrected chi connectivity index (χ2v) is 5.44. The molecule has 0 aliphatic carbocycles. The Balaban J connectivity index is 1.99. The van der Waals surface area contributed by atoms with Crippen molar-refractivity contribution >= 4 is 38.9 Å². The Kier molecular flexibility index (Phi) is 3.61. The first-order valence-corrected chi connectivity index (χ1v) is 6.21. The molecule has 1 aromatic carbocycles. The van der Waals surface area contributed by atoms with Crippen molar-refractivity contribution in [3.8, 4) is 5.75 Å². The molecule has 0 saturated heterocycles. The van der Waals surface area contributed by atoms with Crippen molar-refractivity contribution < 1.29 is 4.74 Å². The summed E-state index contributed by atoms with van der Waals surface area (Å²) < 4.78 is 7.11. The molecule has 0 fully saturated rings. The largest absolute Gasteiger partial charge is 0.488 e. The van der Waals surface area contributed by atoms with E-state index in [1.54, 1.807) is 6.20 Å². The number of hydrogen-bond donors (Lipinski definition) is 0. The standard InChI is InChI=1S/C10H7BrClNOS/c11-7-2-1-3-8(4-7)14-6-9-5-13-10(12)15-9/h1-5H,6H2. The first-order chi connectivity index (χ1) is 7.24. The van der Waals surface area contributed by atoms with Gasteiger partial charge in [0.1, 0.15) is 12.4 Å². The number of aromatic nitrogens is 1. The van der Waals surface area contributed by atoms with Crippen LogP contribution in [0.25, 0.3) is 0 Å². The zero-order valence-electron chi connectivity index (χ0n) is 7.61. The van der Waals surface area contributed by atoms with Crippen LogP contribution in [0.2, 0.25) is 4.47 Å². The third kappa shape index (κ3) is 3.19. The SMILES string of the molecule is Clc1ncc(COc2cccc(Br)c2)s1. The van der Waals surface area contributed by atoms with Crippen LogP contribution in [0.1, 0.15) is 4.88 Å². The first-order valence-electron chi connectivity index (χ1n) is 4.22. The molecule has 1 aromatic heterocycles. The summed E-state index contributed by atoms with van der Waals surface area (Å²) in [5, 5.41) is 0. The molecule has 78 valence electrons. The van der Waals surface area contributed by atoms with E-state index in [2.05, 4.69) is 20.9 Å². The highest BCUT2D eigenvalue weighted by atomic mass is 79.9. The minimum absolute atomic E-state index is 0.501. The number of thiazole rings is 1. The van der Waals surface area contributed by atoms with E-state index in [-0.39, 0.29) is 0 Å². The fourth-order valence-electron chi connectivity index (χ4n) is 1.06. The second kappa shape index (κ2) is 4.96. The lowest BCUT2D eigenvalue weighted by molar-refractivity contribution is 0.309. The molecule has 5 heteroatoms. The van der Waals surface area contributed by atoms with Crippen molar-refractivity contribution in [2.24, 2.45) is 0 Å². The lowest BCUT2D eigenvalue weighted by Crippen LogP contribution is -1.92. The van der Waals surface area contributed by atoms with Gasteiger partial charge < -0.3 is 4.74 Å². The summed E-state index contributed by atoms with van der Waals surface area (Å²) in [6.45, 7) is 0.501.